The summed E-state index contributed by atoms with van der Waals surface area (Å²) >= 11 is 0. The number of hydrogen-bond acceptors (Lipinski definition) is 11. The van der Waals surface area contributed by atoms with Crippen molar-refractivity contribution in [1.29, 1.82) is 0 Å². The molecule has 0 fully saturated rings. The molecule has 0 aliphatic rings. The van der Waals surface area contributed by atoms with Crippen LogP contribution in [0.15, 0.2) is 0 Å². The third-order valence-electron chi connectivity index (χ3n) is 3.44. The number of unbranched alkanes of at least 4 members (excludes halogenated alkanes) is 3. The lowest BCUT2D eigenvalue weighted by molar-refractivity contribution is 0.210. The van der Waals surface area contributed by atoms with E-state index >= 15 is 0 Å². The lowest BCUT2D eigenvalue weighted by Crippen LogP contribution is -2.29. The molecule has 2 atom stereocenters. The molecule has 0 radical (unpaired) electrons. The van der Waals surface area contributed by atoms with E-state index in [2.05, 4.69) is 12.5 Å². The van der Waals surface area contributed by atoms with Crippen LogP contribution in [-0.4, -0.2) is 68.4 Å². The SMILES string of the molecule is CC(C)OS(=O)(=O)C(C)OS(=O)(=O)CCCCCCS(=O)(=O)OC(C)S(C)(=O)=O. The van der Waals surface area contributed by atoms with Gasteiger partial charge in [0.05, 0.1) is 17.6 Å². The van der Waals surface area contributed by atoms with Crippen LogP contribution in [0.25, 0.3) is 0 Å². The van der Waals surface area contributed by atoms with Crippen LogP contribution >= 0.6 is 0 Å². The summed E-state index contributed by atoms with van der Waals surface area (Å²) in [5, 5.41) is 0. The highest BCUT2D eigenvalue weighted by atomic mass is 32.2. The maximum absolute atomic E-state index is 11.9. The molecule has 0 heterocycles. The second-order valence-electron chi connectivity index (χ2n) is 6.73. The second-order valence-corrected chi connectivity index (χ2v) is 14.3. The van der Waals surface area contributed by atoms with Crippen molar-refractivity contribution >= 4 is 40.2 Å². The molecule has 0 aliphatic carbocycles. The van der Waals surface area contributed by atoms with Gasteiger partial charge in [-0.05, 0) is 40.5 Å². The van der Waals surface area contributed by atoms with Gasteiger partial charge in [0.15, 0.2) is 20.7 Å². The van der Waals surface area contributed by atoms with Gasteiger partial charge >= 0.3 is 0 Å². The van der Waals surface area contributed by atoms with Gasteiger partial charge in [0.25, 0.3) is 30.4 Å². The molecule has 0 aromatic rings. The van der Waals surface area contributed by atoms with Gasteiger partial charge in [0, 0.05) is 6.26 Å². The molecule has 0 aromatic carbocycles. The highest BCUT2D eigenvalue weighted by Crippen LogP contribution is 2.14. The zero-order valence-corrected chi connectivity index (χ0v) is 20.4. The van der Waals surface area contributed by atoms with Crippen molar-refractivity contribution in [2.24, 2.45) is 0 Å². The topological polar surface area (TPSA) is 164 Å². The molecular formula is C14H30O11S4. The number of rotatable bonds is 15. The van der Waals surface area contributed by atoms with E-state index in [1.807, 2.05) is 0 Å². The monoisotopic (exact) mass is 502 g/mol. The molecule has 0 saturated carbocycles. The Balaban J connectivity index is 4.34. The Bertz CT molecular complexity index is 916. The summed E-state index contributed by atoms with van der Waals surface area (Å²) < 4.78 is 107. The first-order valence-electron chi connectivity index (χ1n) is 8.81. The third kappa shape index (κ3) is 12.9. The Kier molecular flexibility index (Phi) is 11.2. The fourth-order valence-electron chi connectivity index (χ4n) is 1.89. The van der Waals surface area contributed by atoms with E-state index in [-0.39, 0.29) is 12.8 Å². The Hall–Kier alpha value is -0.320. The lowest BCUT2D eigenvalue weighted by Gasteiger charge is -2.15. The molecular weight excluding hydrogens is 472 g/mol. The van der Waals surface area contributed by atoms with E-state index < -0.39 is 68.7 Å². The van der Waals surface area contributed by atoms with Crippen LogP contribution in [0.3, 0.4) is 0 Å². The van der Waals surface area contributed by atoms with Crippen LogP contribution in [0.1, 0.15) is 53.4 Å². The third-order valence-corrected chi connectivity index (χ3v) is 9.29. The maximum Gasteiger partial charge on any atom is 0.296 e. The molecule has 0 bridgehead atoms. The van der Waals surface area contributed by atoms with Crippen LogP contribution < -0.4 is 0 Å². The van der Waals surface area contributed by atoms with Crippen molar-refractivity contribution in [2.45, 2.75) is 70.4 Å². The molecule has 0 spiro atoms. The summed E-state index contributed by atoms with van der Waals surface area (Å²) in [6, 6.07) is 0. The first-order chi connectivity index (χ1) is 12.9. The van der Waals surface area contributed by atoms with Crippen molar-refractivity contribution in [1.82, 2.24) is 0 Å². The molecule has 0 amide bonds. The largest absolute Gasteiger partial charge is 0.296 e. The quantitative estimate of drug-likeness (QED) is 0.229. The molecule has 0 rings (SSSR count). The van der Waals surface area contributed by atoms with Gasteiger partial charge in [0.1, 0.15) is 0 Å². The first-order valence-corrected chi connectivity index (χ1v) is 15.4. The summed E-state index contributed by atoms with van der Waals surface area (Å²) in [5.74, 6) is -0.846. The highest BCUT2D eigenvalue weighted by Gasteiger charge is 2.29. The predicted molar refractivity (Wildman–Crippen MR) is 107 cm³/mol. The van der Waals surface area contributed by atoms with Crippen LogP contribution in [0.2, 0.25) is 0 Å². The van der Waals surface area contributed by atoms with Crippen LogP contribution in [0.4, 0.5) is 0 Å². The highest BCUT2D eigenvalue weighted by molar-refractivity contribution is 7.92. The Morgan fingerprint density at radius 2 is 0.966 bits per heavy atom. The fourth-order valence-corrected chi connectivity index (χ4v) is 6.39. The van der Waals surface area contributed by atoms with Crippen molar-refractivity contribution in [3.05, 3.63) is 0 Å². The minimum absolute atomic E-state index is 0.126. The summed E-state index contributed by atoms with van der Waals surface area (Å²) in [6.45, 7) is 5.13. The summed E-state index contributed by atoms with van der Waals surface area (Å²) in [5.41, 5.74) is -3.17. The van der Waals surface area contributed by atoms with Gasteiger partial charge in [-0.25, -0.2) is 12.6 Å². The van der Waals surface area contributed by atoms with Crippen molar-refractivity contribution < 1.29 is 46.2 Å². The predicted octanol–water partition coefficient (Wildman–Crippen LogP) is 0.731. The molecule has 0 aromatic heterocycles. The van der Waals surface area contributed by atoms with Crippen LogP contribution in [0, 0.1) is 0 Å². The van der Waals surface area contributed by atoms with Gasteiger partial charge in [-0.3, -0.25) is 8.37 Å². The summed E-state index contributed by atoms with van der Waals surface area (Å²) in [7, 11) is -16.0. The zero-order chi connectivity index (χ0) is 23.1. The smallest absolute Gasteiger partial charge is 0.265 e. The molecule has 0 saturated heterocycles. The van der Waals surface area contributed by atoms with Crippen molar-refractivity contribution in [3.8, 4) is 0 Å². The minimum Gasteiger partial charge on any atom is -0.265 e. The van der Waals surface area contributed by atoms with Gasteiger partial charge in [-0.1, -0.05) is 12.8 Å². The fraction of sp³-hybridized carbons (Fsp3) is 1.00. The van der Waals surface area contributed by atoms with Crippen molar-refractivity contribution in [2.75, 3.05) is 17.8 Å². The minimum atomic E-state index is -4.19. The standard InChI is InChI=1S/C14H30O11S4/c1-12(2)23-29(21,22)14(4)25-28(19,20)11-9-7-6-8-10-27(17,18)24-13(3)26(5,15)16/h12-14H,6-11H2,1-5H3. The van der Waals surface area contributed by atoms with Gasteiger partial charge in [-0.2, -0.15) is 25.3 Å². The molecule has 2 unspecified atom stereocenters. The van der Waals surface area contributed by atoms with Crippen LogP contribution in [-0.2, 0) is 52.7 Å². The first kappa shape index (κ1) is 28.7. The Morgan fingerprint density at radius 3 is 1.31 bits per heavy atom. The summed E-state index contributed by atoms with van der Waals surface area (Å²) in [4.78, 5) is 0. The molecule has 15 heteroatoms. The van der Waals surface area contributed by atoms with E-state index in [1.165, 1.54) is 13.8 Å². The van der Waals surface area contributed by atoms with Gasteiger partial charge in [-0.15, -0.1) is 0 Å². The lowest BCUT2D eigenvalue weighted by atomic mass is 10.2. The molecule has 0 aliphatic heterocycles. The average molecular weight is 503 g/mol. The average Bonchev–Trinajstić information content (AvgIpc) is 2.47. The number of sulfone groups is 1. The molecule has 29 heavy (non-hydrogen) atoms. The maximum atomic E-state index is 11.9. The summed E-state index contributed by atoms with van der Waals surface area (Å²) in [6.07, 6.45) is 1.15. The molecule has 0 N–H and O–H groups in total. The molecule has 11 nitrogen and oxygen atoms in total. The van der Waals surface area contributed by atoms with Crippen molar-refractivity contribution in [3.63, 3.8) is 0 Å². The Labute approximate surface area is 174 Å². The normalized spacial score (nSPS) is 16.1. The van der Waals surface area contributed by atoms with E-state index in [9.17, 15) is 33.7 Å². The van der Waals surface area contributed by atoms with Gasteiger partial charge in [0.2, 0.25) is 0 Å². The van der Waals surface area contributed by atoms with E-state index in [0.717, 1.165) is 20.1 Å². The molecule has 176 valence electrons. The van der Waals surface area contributed by atoms with Gasteiger partial charge < -0.3 is 0 Å². The van der Waals surface area contributed by atoms with Crippen LogP contribution in [0.5, 0.6) is 0 Å². The van der Waals surface area contributed by atoms with E-state index in [1.54, 1.807) is 0 Å². The second kappa shape index (κ2) is 11.3. The van der Waals surface area contributed by atoms with E-state index in [4.69, 9.17) is 0 Å². The van der Waals surface area contributed by atoms with E-state index in [0.29, 0.717) is 12.8 Å². The zero-order valence-electron chi connectivity index (χ0n) is 17.1. The number of hydrogen-bond donors (Lipinski definition) is 0. The Morgan fingerprint density at radius 1 is 0.586 bits per heavy atom.